The van der Waals surface area contributed by atoms with Crippen LogP contribution in [0, 0.1) is 10.8 Å². The van der Waals surface area contributed by atoms with Gasteiger partial charge in [0.05, 0.1) is 17.1 Å². The van der Waals surface area contributed by atoms with E-state index in [4.69, 9.17) is 15.4 Å². The first-order valence-corrected chi connectivity index (χ1v) is 24.3. The predicted molar refractivity (Wildman–Crippen MR) is 278 cm³/mol. The third-order valence-electron chi connectivity index (χ3n) is 14.5. The van der Waals surface area contributed by atoms with E-state index in [0.29, 0.717) is 10.7 Å². The van der Waals surface area contributed by atoms with Crippen molar-refractivity contribution < 1.29 is 0 Å². The van der Waals surface area contributed by atoms with Crippen molar-refractivity contribution in [2.75, 3.05) is 0 Å². The van der Waals surface area contributed by atoms with Gasteiger partial charge in [0, 0.05) is 38.5 Å². The Bertz CT molecular complexity index is 3590. The molecule has 0 fully saturated rings. The van der Waals surface area contributed by atoms with Crippen LogP contribution >= 0.6 is 23.1 Å². The molecule has 6 aromatic carbocycles. The highest BCUT2D eigenvalue weighted by molar-refractivity contribution is 8.27. The van der Waals surface area contributed by atoms with Gasteiger partial charge >= 0.3 is 0 Å². The van der Waals surface area contributed by atoms with Gasteiger partial charge in [0.2, 0.25) is 0 Å². The summed E-state index contributed by atoms with van der Waals surface area (Å²) < 4.78 is 0. The minimum atomic E-state index is -0.327. The van der Waals surface area contributed by atoms with Gasteiger partial charge in [-0.25, -0.2) is 9.97 Å². The van der Waals surface area contributed by atoms with E-state index in [1.54, 1.807) is 11.3 Å². The maximum absolute atomic E-state index is 9.20. The molecule has 3 heterocycles. The molecule has 2 N–H and O–H groups in total. The van der Waals surface area contributed by atoms with E-state index in [1.165, 1.54) is 55.6 Å². The number of benzene rings is 6. The Kier molecular flexibility index (Phi) is 9.21. The van der Waals surface area contributed by atoms with Crippen LogP contribution in [0.5, 0.6) is 0 Å². The molecule has 0 saturated carbocycles. The monoisotopic (exact) mass is 902 g/mol. The third kappa shape index (κ3) is 6.45. The minimum absolute atomic E-state index is 0.0853. The van der Waals surface area contributed by atoms with E-state index in [1.807, 2.05) is 30.3 Å². The van der Waals surface area contributed by atoms with Crippen molar-refractivity contribution in [1.82, 2.24) is 20.2 Å². The topological polar surface area (TPSA) is 99.3 Å². The molecule has 12 rings (SSSR count). The van der Waals surface area contributed by atoms with E-state index in [-0.39, 0.29) is 21.3 Å². The number of fused-ring (bicyclic) bond motifs is 9. The molecule has 3 aromatic heterocycles. The molecule has 0 atom stereocenters. The Hall–Kier alpha value is -7.13. The minimum Gasteiger partial charge on any atom is -0.293 e. The Labute approximate surface area is 399 Å². The molecule has 67 heavy (non-hydrogen) atoms. The van der Waals surface area contributed by atoms with Gasteiger partial charge in [-0.05, 0) is 127 Å². The number of hydrogen-bond acceptors (Lipinski definition) is 8. The molecule has 8 heteroatoms. The molecule has 3 aliphatic rings. The number of nitrogens with zero attached hydrogens (tertiary/aromatic N) is 4. The van der Waals surface area contributed by atoms with Gasteiger partial charge in [-0.2, -0.15) is 0 Å². The first-order chi connectivity index (χ1) is 32.3. The van der Waals surface area contributed by atoms with Crippen LogP contribution in [0.25, 0.3) is 77.2 Å². The van der Waals surface area contributed by atoms with E-state index in [0.717, 1.165) is 72.2 Å². The molecule has 0 saturated heterocycles. The van der Waals surface area contributed by atoms with Gasteiger partial charge in [-0.3, -0.25) is 10.8 Å². The largest absolute Gasteiger partial charge is 0.293 e. The van der Waals surface area contributed by atoms with Gasteiger partial charge in [0.15, 0.2) is 5.01 Å². The maximum atomic E-state index is 9.20. The first kappa shape index (κ1) is 41.3. The Morgan fingerprint density at radius 1 is 0.403 bits per heavy atom. The molecular formula is C59H46N6S2. The standard InChI is InChI=1S/C59H46N6S2/c1-57(2)43-15-9-7-13-37(43)39-25-21-33(29-45(39)57)49-17-11-19-51(62-49)54(61)66-53(60)35-23-27-41-42-28-24-36(32-48(42)59(5,6)47(41)31-35)55-64-65-56(67-55)52-20-12-18-50(63-52)34-22-26-40-38-14-8-10-16-44(38)58(3,4)46(40)30-34/h7-32,60-61H,1-6H3. The van der Waals surface area contributed by atoms with Crippen LogP contribution in [-0.4, -0.2) is 30.3 Å². The molecule has 3 aliphatic carbocycles. The van der Waals surface area contributed by atoms with Gasteiger partial charge < -0.3 is 0 Å². The molecule has 0 radical (unpaired) electrons. The summed E-state index contributed by atoms with van der Waals surface area (Å²) in [6.45, 7) is 13.7. The highest BCUT2D eigenvalue weighted by atomic mass is 32.2. The number of nitrogens with one attached hydrogen (secondary N) is 2. The fourth-order valence-electron chi connectivity index (χ4n) is 10.8. The van der Waals surface area contributed by atoms with Gasteiger partial charge in [-0.1, -0.05) is 162 Å². The van der Waals surface area contributed by atoms with Crippen LogP contribution in [0.4, 0.5) is 0 Å². The average Bonchev–Trinajstić information content (AvgIpc) is 4.06. The van der Waals surface area contributed by atoms with Crippen molar-refractivity contribution >= 4 is 33.2 Å². The lowest BCUT2D eigenvalue weighted by atomic mass is 9.81. The number of rotatable bonds is 6. The van der Waals surface area contributed by atoms with Crippen LogP contribution in [-0.2, 0) is 16.2 Å². The zero-order chi connectivity index (χ0) is 46.0. The smallest absolute Gasteiger partial charge is 0.166 e. The summed E-state index contributed by atoms with van der Waals surface area (Å²) in [6.07, 6.45) is 0. The fourth-order valence-corrected chi connectivity index (χ4v) is 12.3. The third-order valence-corrected chi connectivity index (χ3v) is 16.4. The van der Waals surface area contributed by atoms with Gasteiger partial charge in [0.1, 0.15) is 20.8 Å². The Morgan fingerprint density at radius 3 is 1.46 bits per heavy atom. The molecule has 0 bridgehead atoms. The lowest BCUT2D eigenvalue weighted by molar-refractivity contribution is 0.660. The second-order valence-electron chi connectivity index (χ2n) is 19.5. The van der Waals surface area contributed by atoms with Crippen LogP contribution in [0.1, 0.15) is 86.2 Å². The van der Waals surface area contributed by atoms with Crippen molar-refractivity contribution in [2.24, 2.45) is 0 Å². The molecule has 0 spiro atoms. The van der Waals surface area contributed by atoms with E-state index in [2.05, 4.69) is 179 Å². The number of pyridine rings is 2. The summed E-state index contributed by atoms with van der Waals surface area (Å²) >= 11 is 2.69. The molecule has 9 aromatic rings. The summed E-state index contributed by atoms with van der Waals surface area (Å²) in [5.41, 5.74) is 21.7. The van der Waals surface area contributed by atoms with Crippen molar-refractivity contribution in [3.63, 3.8) is 0 Å². The molecule has 0 unspecified atom stereocenters. The fraction of sp³-hybridized carbons (Fsp3) is 0.153. The Balaban J connectivity index is 0.763. The maximum Gasteiger partial charge on any atom is 0.166 e. The normalized spacial score (nSPS) is 15.0. The number of hydrogen-bond donors (Lipinski definition) is 2. The quantitative estimate of drug-likeness (QED) is 0.128. The van der Waals surface area contributed by atoms with Gasteiger partial charge in [0.25, 0.3) is 0 Å². The first-order valence-electron chi connectivity index (χ1n) is 22.7. The van der Waals surface area contributed by atoms with Crippen LogP contribution in [0.2, 0.25) is 0 Å². The average molecular weight is 903 g/mol. The zero-order valence-electron chi connectivity index (χ0n) is 38.1. The van der Waals surface area contributed by atoms with Crippen molar-refractivity contribution in [3.05, 3.63) is 202 Å². The van der Waals surface area contributed by atoms with Crippen molar-refractivity contribution in [2.45, 2.75) is 57.8 Å². The Morgan fingerprint density at radius 2 is 0.851 bits per heavy atom. The highest BCUT2D eigenvalue weighted by Gasteiger charge is 2.38. The SMILES string of the molecule is CC1(C)c2ccccc2-c2ccc(-c3cccc(C(=N)SC(=N)c4ccc5c(c4)C(C)(C)c4cc(-c6nnc(-c7cccc(-c8ccc9c(c8)C(C)(C)c8ccccc8-9)n7)s6)ccc4-5)n3)cc21. The summed E-state index contributed by atoms with van der Waals surface area (Å²) in [5, 5.41) is 29.8. The van der Waals surface area contributed by atoms with Crippen LogP contribution in [0.15, 0.2) is 158 Å². The van der Waals surface area contributed by atoms with E-state index < -0.39 is 0 Å². The second kappa shape index (κ2) is 14.9. The summed E-state index contributed by atoms with van der Waals surface area (Å²) in [6, 6.07) is 55.5. The molecule has 324 valence electrons. The lowest BCUT2D eigenvalue weighted by Gasteiger charge is -2.22. The molecule has 0 amide bonds. The predicted octanol–water partition coefficient (Wildman–Crippen LogP) is 15.0. The highest BCUT2D eigenvalue weighted by Crippen LogP contribution is 2.52. The molecule has 6 nitrogen and oxygen atoms in total. The zero-order valence-corrected chi connectivity index (χ0v) is 39.7. The molecular weight excluding hydrogens is 857 g/mol. The van der Waals surface area contributed by atoms with Crippen LogP contribution in [0.3, 0.4) is 0 Å². The summed E-state index contributed by atoms with van der Waals surface area (Å²) in [7, 11) is 0. The van der Waals surface area contributed by atoms with Gasteiger partial charge in [-0.15, -0.1) is 10.2 Å². The van der Waals surface area contributed by atoms with Crippen molar-refractivity contribution in [1.29, 1.82) is 10.8 Å². The molecule has 0 aliphatic heterocycles. The number of aromatic nitrogens is 4. The second-order valence-corrected chi connectivity index (χ2v) is 21.5. The summed E-state index contributed by atoms with van der Waals surface area (Å²) in [4.78, 5) is 10.1. The van der Waals surface area contributed by atoms with Crippen molar-refractivity contribution in [3.8, 4) is 77.2 Å². The summed E-state index contributed by atoms with van der Waals surface area (Å²) in [5.74, 6) is 0. The number of thioether (sulfide) groups is 1. The van der Waals surface area contributed by atoms with E-state index >= 15 is 0 Å². The lowest BCUT2D eigenvalue weighted by Crippen LogP contribution is -2.16. The van der Waals surface area contributed by atoms with Crippen LogP contribution < -0.4 is 0 Å². The van der Waals surface area contributed by atoms with E-state index in [9.17, 15) is 5.41 Å².